The fourth-order valence-corrected chi connectivity index (χ4v) is 3.62. The number of benzene rings is 4. The van der Waals surface area contributed by atoms with Gasteiger partial charge in [0, 0.05) is 24.2 Å². The molecule has 3 N–H and O–H groups in total. The highest BCUT2D eigenvalue weighted by atomic mass is 35.5. The molecule has 0 aliphatic carbocycles. The van der Waals surface area contributed by atoms with Crippen molar-refractivity contribution >= 4 is 22.8 Å². The van der Waals surface area contributed by atoms with Crippen LogP contribution in [0.25, 0.3) is 0 Å². The molecule has 4 nitrogen and oxygen atoms in total. The Labute approximate surface area is 225 Å². The average molecular weight is 515 g/mol. The topological polar surface area (TPSA) is 72.2 Å². The molecule has 0 spiro atoms. The number of carbonyl (C=O) groups excluding carboxylic acids is 2. The van der Waals surface area contributed by atoms with E-state index in [0.29, 0.717) is 24.2 Å². The van der Waals surface area contributed by atoms with E-state index in [4.69, 9.17) is 17.3 Å². The molecule has 4 rings (SSSR count). The van der Waals surface area contributed by atoms with Crippen molar-refractivity contribution in [3.63, 3.8) is 0 Å². The highest BCUT2D eigenvalue weighted by molar-refractivity contribution is 6.67. The van der Waals surface area contributed by atoms with Crippen LogP contribution >= 0.6 is 11.6 Å². The summed E-state index contributed by atoms with van der Waals surface area (Å²) >= 11 is 5.24. The van der Waals surface area contributed by atoms with Crippen molar-refractivity contribution in [2.45, 2.75) is 40.8 Å². The quantitative estimate of drug-likeness (QED) is 0.280. The zero-order valence-corrected chi connectivity index (χ0v) is 22.7. The molecule has 0 bridgehead atoms. The number of nitrogens with two attached hydrogens (primary N) is 1. The number of halogens is 1. The third-order valence-electron chi connectivity index (χ3n) is 5.38. The molecule has 192 valence electrons. The molecule has 37 heavy (non-hydrogen) atoms. The summed E-state index contributed by atoms with van der Waals surface area (Å²) in [5.41, 5.74) is 13.6. The van der Waals surface area contributed by atoms with E-state index in [9.17, 15) is 9.59 Å². The molecule has 0 unspecified atom stereocenters. The average Bonchev–Trinajstić information content (AvgIpc) is 2.88. The van der Waals surface area contributed by atoms with Crippen LogP contribution in [0.4, 0.5) is 0 Å². The van der Waals surface area contributed by atoms with Gasteiger partial charge in [-0.1, -0.05) is 101 Å². The van der Waals surface area contributed by atoms with Crippen molar-refractivity contribution in [3.8, 4) is 0 Å². The molecule has 0 atom stereocenters. The minimum atomic E-state index is -0.399. The minimum absolute atomic E-state index is 0.0276. The molecular weight excluding hydrogens is 480 g/mol. The summed E-state index contributed by atoms with van der Waals surface area (Å²) in [4.78, 5) is 22.5. The first-order valence-corrected chi connectivity index (χ1v) is 12.5. The molecule has 0 aliphatic rings. The van der Waals surface area contributed by atoms with E-state index in [-0.39, 0.29) is 5.91 Å². The molecule has 0 aliphatic heterocycles. The smallest absolute Gasteiger partial charge is 0.252 e. The van der Waals surface area contributed by atoms with Gasteiger partial charge in [-0.3, -0.25) is 9.59 Å². The first-order valence-electron chi connectivity index (χ1n) is 12.1. The lowest BCUT2D eigenvalue weighted by Crippen LogP contribution is -2.22. The van der Waals surface area contributed by atoms with Crippen molar-refractivity contribution < 1.29 is 9.59 Å². The van der Waals surface area contributed by atoms with E-state index in [1.54, 1.807) is 12.1 Å². The van der Waals surface area contributed by atoms with Crippen molar-refractivity contribution in [3.05, 3.63) is 142 Å². The van der Waals surface area contributed by atoms with Gasteiger partial charge in [0.05, 0.1) is 0 Å². The maximum Gasteiger partial charge on any atom is 0.252 e. The second-order valence-electron chi connectivity index (χ2n) is 8.88. The van der Waals surface area contributed by atoms with E-state index < -0.39 is 5.24 Å². The fourth-order valence-electron chi connectivity index (χ4n) is 3.50. The molecule has 4 aromatic carbocycles. The van der Waals surface area contributed by atoms with E-state index in [2.05, 4.69) is 30.4 Å². The van der Waals surface area contributed by atoms with Gasteiger partial charge >= 0.3 is 0 Å². The number of aryl methyl sites for hydroxylation is 4. The molecule has 5 heteroatoms. The number of hydrogen-bond donors (Lipinski definition) is 2. The first-order chi connectivity index (χ1) is 17.7. The third kappa shape index (κ3) is 11.2. The summed E-state index contributed by atoms with van der Waals surface area (Å²) in [7, 11) is 0. The fraction of sp³-hybridized carbons (Fsp3) is 0.188. The lowest BCUT2D eigenvalue weighted by molar-refractivity contribution is 0.0950. The Balaban J connectivity index is 0.000000214. The van der Waals surface area contributed by atoms with Gasteiger partial charge in [-0.05, 0) is 68.6 Å². The molecule has 0 saturated heterocycles. The Hall–Kier alpha value is -3.73. The van der Waals surface area contributed by atoms with Gasteiger partial charge in [-0.15, -0.1) is 0 Å². The zero-order chi connectivity index (χ0) is 27.2. The Morgan fingerprint density at radius 1 is 0.649 bits per heavy atom. The first kappa shape index (κ1) is 29.5. The number of carbonyl (C=O) groups is 2. The molecule has 0 heterocycles. The SMILES string of the molecule is Cc1cccc(C(=O)Cl)c1.Cc1cccc(CN)c1.Cc1cccc(CNC(=O)c2cccc(C)c2)c1. The van der Waals surface area contributed by atoms with Crippen LogP contribution in [0.2, 0.25) is 0 Å². The number of nitrogens with one attached hydrogen (secondary N) is 1. The van der Waals surface area contributed by atoms with Crippen molar-refractivity contribution in [2.75, 3.05) is 0 Å². The predicted octanol–water partition coefficient (Wildman–Crippen LogP) is 7.06. The van der Waals surface area contributed by atoms with E-state index >= 15 is 0 Å². The normalized spacial score (nSPS) is 9.78. The van der Waals surface area contributed by atoms with Crippen LogP contribution in [-0.4, -0.2) is 11.1 Å². The lowest BCUT2D eigenvalue weighted by atomic mass is 10.1. The van der Waals surface area contributed by atoms with Crippen LogP contribution in [0, 0.1) is 27.7 Å². The Morgan fingerprint density at radius 3 is 1.51 bits per heavy atom. The Morgan fingerprint density at radius 2 is 1.08 bits per heavy atom. The van der Waals surface area contributed by atoms with Crippen molar-refractivity contribution in [2.24, 2.45) is 5.73 Å². The molecule has 1 amide bonds. The van der Waals surface area contributed by atoms with Gasteiger partial charge in [0.15, 0.2) is 0 Å². The number of hydrogen-bond acceptors (Lipinski definition) is 3. The van der Waals surface area contributed by atoms with Crippen LogP contribution in [0.1, 0.15) is 54.1 Å². The molecule has 0 aromatic heterocycles. The summed E-state index contributed by atoms with van der Waals surface area (Å²) in [6, 6.07) is 31.2. The van der Waals surface area contributed by atoms with Gasteiger partial charge in [0.1, 0.15) is 0 Å². The molecular formula is C32H35ClN2O2. The number of amides is 1. The van der Waals surface area contributed by atoms with Gasteiger partial charge in [-0.2, -0.15) is 0 Å². The summed E-state index contributed by atoms with van der Waals surface area (Å²) in [6.07, 6.45) is 0. The Kier molecular flexibility index (Phi) is 12.3. The summed E-state index contributed by atoms with van der Waals surface area (Å²) < 4.78 is 0. The number of rotatable bonds is 5. The molecule has 0 saturated carbocycles. The van der Waals surface area contributed by atoms with Crippen LogP contribution in [-0.2, 0) is 13.1 Å². The van der Waals surface area contributed by atoms with Crippen LogP contribution in [0.3, 0.4) is 0 Å². The predicted molar refractivity (Wildman–Crippen MR) is 154 cm³/mol. The maximum absolute atomic E-state index is 11.9. The second kappa shape index (κ2) is 15.4. The summed E-state index contributed by atoms with van der Waals surface area (Å²) in [5, 5.41) is 2.53. The van der Waals surface area contributed by atoms with Gasteiger partial charge in [0.2, 0.25) is 0 Å². The highest BCUT2D eigenvalue weighted by Gasteiger charge is 2.04. The molecule has 4 aromatic rings. The second-order valence-corrected chi connectivity index (χ2v) is 9.22. The minimum Gasteiger partial charge on any atom is -0.348 e. The lowest BCUT2D eigenvalue weighted by Gasteiger charge is -2.06. The third-order valence-corrected chi connectivity index (χ3v) is 5.60. The van der Waals surface area contributed by atoms with Crippen molar-refractivity contribution in [1.82, 2.24) is 5.32 Å². The Bertz CT molecular complexity index is 1320. The zero-order valence-electron chi connectivity index (χ0n) is 21.9. The maximum atomic E-state index is 11.9. The summed E-state index contributed by atoms with van der Waals surface area (Å²) in [6.45, 7) is 9.22. The van der Waals surface area contributed by atoms with Gasteiger partial charge in [-0.25, -0.2) is 0 Å². The monoisotopic (exact) mass is 514 g/mol. The van der Waals surface area contributed by atoms with Gasteiger partial charge in [0.25, 0.3) is 11.1 Å². The van der Waals surface area contributed by atoms with Crippen LogP contribution in [0.15, 0.2) is 97.1 Å². The standard InChI is InChI=1S/C16H17NO.C8H7ClO.C8H11N/c1-12-5-3-7-14(9-12)11-17-16(18)15-8-4-6-13(2)10-15;1-6-3-2-4-7(5-6)8(9)10;1-7-3-2-4-8(5-7)6-9/h3-10H,11H2,1-2H3,(H,17,18);2-5H,1H3;2-5H,6,9H2,1H3. The van der Waals surface area contributed by atoms with E-state index in [0.717, 1.165) is 16.7 Å². The molecule has 0 fully saturated rings. The van der Waals surface area contributed by atoms with Gasteiger partial charge < -0.3 is 11.1 Å². The van der Waals surface area contributed by atoms with Crippen LogP contribution in [0.5, 0.6) is 0 Å². The molecule has 0 radical (unpaired) electrons. The van der Waals surface area contributed by atoms with Crippen molar-refractivity contribution in [1.29, 1.82) is 0 Å². The summed E-state index contributed by atoms with van der Waals surface area (Å²) in [5.74, 6) is -0.0276. The van der Waals surface area contributed by atoms with E-state index in [1.165, 1.54) is 16.7 Å². The highest BCUT2D eigenvalue weighted by Crippen LogP contribution is 2.07. The van der Waals surface area contributed by atoms with E-state index in [1.807, 2.05) is 87.5 Å². The largest absolute Gasteiger partial charge is 0.348 e. The van der Waals surface area contributed by atoms with Crippen LogP contribution < -0.4 is 11.1 Å².